The Morgan fingerprint density at radius 2 is 2.43 bits per heavy atom. The van der Waals surface area contributed by atoms with Crippen LogP contribution in [0.5, 0.6) is 0 Å². The van der Waals surface area contributed by atoms with E-state index >= 15 is 0 Å². The average molecular weight is 231 g/mol. The number of ether oxygens (including phenoxy) is 1. The van der Waals surface area contributed by atoms with Crippen molar-refractivity contribution in [3.63, 3.8) is 0 Å². The summed E-state index contributed by atoms with van der Waals surface area (Å²) in [5.41, 5.74) is 0.167. The van der Waals surface area contributed by atoms with E-state index < -0.39 is 5.97 Å². The van der Waals surface area contributed by atoms with Crippen molar-refractivity contribution >= 4 is 33.9 Å². The zero-order valence-electron chi connectivity index (χ0n) is 7.57. The minimum Gasteiger partial charge on any atom is -0.464 e. The first-order chi connectivity index (χ1) is 6.63. The third-order valence-corrected chi connectivity index (χ3v) is 3.02. The van der Waals surface area contributed by atoms with Crippen LogP contribution in [0.25, 0.3) is 4.96 Å². The molecule has 0 bridgehead atoms. The molecule has 2 aromatic rings. The van der Waals surface area contributed by atoms with Crippen molar-refractivity contribution in [2.75, 3.05) is 7.11 Å². The number of halogens is 1. The normalized spacial score (nSPS) is 10.8. The molecule has 0 radical (unpaired) electrons. The Morgan fingerprint density at radius 3 is 3.00 bits per heavy atom. The van der Waals surface area contributed by atoms with Crippen LogP contribution in [0, 0.1) is 6.92 Å². The molecule has 0 saturated carbocycles. The van der Waals surface area contributed by atoms with Crippen LogP contribution < -0.4 is 0 Å². The second-order valence-electron chi connectivity index (χ2n) is 2.74. The van der Waals surface area contributed by atoms with Crippen molar-refractivity contribution < 1.29 is 9.53 Å². The lowest BCUT2D eigenvalue weighted by Gasteiger charge is -1.93. The first kappa shape index (κ1) is 9.48. The largest absolute Gasteiger partial charge is 0.464 e. The van der Waals surface area contributed by atoms with Crippen molar-refractivity contribution in [2.24, 2.45) is 0 Å². The number of aryl methyl sites for hydroxylation is 1. The van der Waals surface area contributed by atoms with Gasteiger partial charge in [0, 0.05) is 11.1 Å². The van der Waals surface area contributed by atoms with Gasteiger partial charge in [-0.1, -0.05) is 11.6 Å². The number of nitrogens with zero attached hydrogens (tertiary/aromatic N) is 2. The molecular weight excluding hydrogens is 224 g/mol. The van der Waals surface area contributed by atoms with Crippen molar-refractivity contribution in [2.45, 2.75) is 6.92 Å². The fourth-order valence-electron chi connectivity index (χ4n) is 1.16. The summed E-state index contributed by atoms with van der Waals surface area (Å²) < 4.78 is 6.23. The lowest BCUT2D eigenvalue weighted by Crippen LogP contribution is -2.02. The Labute approximate surface area is 89.1 Å². The van der Waals surface area contributed by atoms with E-state index in [1.165, 1.54) is 18.4 Å². The van der Waals surface area contributed by atoms with Gasteiger partial charge in [0.2, 0.25) is 0 Å². The lowest BCUT2D eigenvalue weighted by atomic mass is 10.5. The molecule has 0 aliphatic carbocycles. The maximum Gasteiger partial charge on any atom is 0.359 e. The molecule has 0 N–H and O–H groups in total. The standard InChI is InChI=1S/C8H7ClN2O2S/c1-4-3-11-6(9)5(7(12)13-2)10-8(11)14-4/h3H,1-2H3. The van der Waals surface area contributed by atoms with Crippen molar-refractivity contribution in [1.29, 1.82) is 0 Å². The molecule has 0 unspecified atom stereocenters. The smallest absolute Gasteiger partial charge is 0.359 e. The van der Waals surface area contributed by atoms with Crippen LogP contribution in [-0.4, -0.2) is 22.5 Å². The molecule has 6 heteroatoms. The molecule has 0 amide bonds. The number of fused-ring (bicyclic) bond motifs is 1. The van der Waals surface area contributed by atoms with Gasteiger partial charge in [0.05, 0.1) is 7.11 Å². The van der Waals surface area contributed by atoms with E-state index in [-0.39, 0.29) is 5.69 Å². The maximum atomic E-state index is 11.2. The molecule has 2 rings (SSSR count). The Balaban J connectivity index is 2.64. The number of hydrogen-bond donors (Lipinski definition) is 0. The summed E-state index contributed by atoms with van der Waals surface area (Å²) in [7, 11) is 1.30. The quantitative estimate of drug-likeness (QED) is 0.705. The zero-order valence-corrected chi connectivity index (χ0v) is 9.15. The SMILES string of the molecule is COC(=O)c1nc2sc(C)cn2c1Cl. The van der Waals surface area contributed by atoms with E-state index in [0.29, 0.717) is 10.1 Å². The third kappa shape index (κ3) is 1.29. The van der Waals surface area contributed by atoms with Crippen LogP contribution in [0.3, 0.4) is 0 Å². The molecule has 0 aliphatic rings. The van der Waals surface area contributed by atoms with Crippen molar-refractivity contribution in [1.82, 2.24) is 9.38 Å². The maximum absolute atomic E-state index is 11.2. The summed E-state index contributed by atoms with van der Waals surface area (Å²) in [6.45, 7) is 1.95. The molecule has 4 nitrogen and oxygen atoms in total. The zero-order chi connectivity index (χ0) is 10.3. The summed E-state index contributed by atoms with van der Waals surface area (Å²) >= 11 is 7.43. The van der Waals surface area contributed by atoms with E-state index in [0.717, 1.165) is 4.88 Å². The summed E-state index contributed by atoms with van der Waals surface area (Å²) in [6.07, 6.45) is 1.84. The topological polar surface area (TPSA) is 43.6 Å². The van der Waals surface area contributed by atoms with Gasteiger partial charge < -0.3 is 4.74 Å². The number of imidazole rings is 1. The number of hydrogen-bond acceptors (Lipinski definition) is 4. The lowest BCUT2D eigenvalue weighted by molar-refractivity contribution is 0.0595. The number of thiazole rings is 1. The minimum absolute atomic E-state index is 0.167. The Bertz CT molecular complexity index is 503. The minimum atomic E-state index is -0.511. The number of aromatic nitrogens is 2. The fraction of sp³-hybridized carbons (Fsp3) is 0.250. The van der Waals surface area contributed by atoms with Gasteiger partial charge in [0.15, 0.2) is 10.7 Å². The highest BCUT2D eigenvalue weighted by Crippen LogP contribution is 2.24. The molecule has 0 aromatic carbocycles. The summed E-state index contributed by atoms with van der Waals surface area (Å²) in [5.74, 6) is -0.511. The highest BCUT2D eigenvalue weighted by Gasteiger charge is 2.18. The molecule has 14 heavy (non-hydrogen) atoms. The van der Waals surface area contributed by atoms with Gasteiger partial charge >= 0.3 is 5.97 Å². The van der Waals surface area contributed by atoms with Gasteiger partial charge in [0.25, 0.3) is 0 Å². The number of methoxy groups -OCH3 is 1. The van der Waals surface area contributed by atoms with E-state index in [1.54, 1.807) is 4.40 Å². The number of rotatable bonds is 1. The number of esters is 1. The molecule has 0 atom stereocenters. The van der Waals surface area contributed by atoms with E-state index in [9.17, 15) is 4.79 Å². The van der Waals surface area contributed by atoms with E-state index in [1.807, 2.05) is 13.1 Å². The molecule has 74 valence electrons. The first-order valence-corrected chi connectivity index (χ1v) is 5.05. The molecule has 0 aliphatic heterocycles. The van der Waals surface area contributed by atoms with Crippen LogP contribution in [0.1, 0.15) is 15.4 Å². The van der Waals surface area contributed by atoms with Gasteiger partial charge in [-0.3, -0.25) is 4.40 Å². The van der Waals surface area contributed by atoms with Crippen molar-refractivity contribution in [3.8, 4) is 0 Å². The van der Waals surface area contributed by atoms with E-state index in [4.69, 9.17) is 11.6 Å². The van der Waals surface area contributed by atoms with Crippen molar-refractivity contribution in [3.05, 3.63) is 21.9 Å². The van der Waals surface area contributed by atoms with Crippen LogP contribution in [0.4, 0.5) is 0 Å². The molecule has 2 aromatic heterocycles. The molecule has 0 saturated heterocycles. The van der Waals surface area contributed by atoms with Crippen LogP contribution in [0.15, 0.2) is 6.20 Å². The highest BCUT2D eigenvalue weighted by atomic mass is 35.5. The summed E-state index contributed by atoms with van der Waals surface area (Å²) in [4.78, 5) is 17.1. The van der Waals surface area contributed by atoms with Gasteiger partial charge in [-0.25, -0.2) is 9.78 Å². The first-order valence-electron chi connectivity index (χ1n) is 3.86. The predicted molar refractivity (Wildman–Crippen MR) is 54.2 cm³/mol. The molecule has 0 spiro atoms. The van der Waals surface area contributed by atoms with Gasteiger partial charge in [-0.2, -0.15) is 0 Å². The summed E-state index contributed by atoms with van der Waals surface area (Å²) in [5, 5.41) is 0.302. The second-order valence-corrected chi connectivity index (χ2v) is 4.31. The molecule has 2 heterocycles. The third-order valence-electron chi connectivity index (χ3n) is 1.76. The monoisotopic (exact) mass is 230 g/mol. The molecular formula is C8H7ClN2O2S. The Kier molecular flexibility index (Phi) is 2.20. The predicted octanol–water partition coefficient (Wildman–Crippen LogP) is 2.14. The average Bonchev–Trinajstić information content (AvgIpc) is 2.64. The van der Waals surface area contributed by atoms with Gasteiger partial charge in [-0.05, 0) is 6.92 Å². The second kappa shape index (κ2) is 3.25. The highest BCUT2D eigenvalue weighted by molar-refractivity contribution is 7.17. The summed E-state index contributed by atoms with van der Waals surface area (Å²) in [6, 6.07) is 0. The number of carbonyl (C=O) groups is 1. The molecule has 0 fully saturated rings. The van der Waals surface area contributed by atoms with Crippen LogP contribution >= 0.6 is 22.9 Å². The van der Waals surface area contributed by atoms with E-state index in [2.05, 4.69) is 9.72 Å². The van der Waals surface area contributed by atoms with Gasteiger partial charge in [0.1, 0.15) is 5.15 Å². The Hall–Kier alpha value is -1.07. The van der Waals surface area contributed by atoms with Crippen LogP contribution in [0.2, 0.25) is 5.15 Å². The number of carbonyl (C=O) groups excluding carboxylic acids is 1. The Morgan fingerprint density at radius 1 is 1.71 bits per heavy atom. The van der Waals surface area contributed by atoms with Crippen LogP contribution in [-0.2, 0) is 4.74 Å². The van der Waals surface area contributed by atoms with Gasteiger partial charge in [-0.15, -0.1) is 11.3 Å². The fourth-order valence-corrected chi connectivity index (χ4v) is 2.28.